The molecule has 0 radical (unpaired) electrons. The smallest absolute Gasteiger partial charge is 0.412 e. The van der Waals surface area contributed by atoms with E-state index in [4.69, 9.17) is 23.7 Å². The van der Waals surface area contributed by atoms with Crippen LogP contribution in [-0.4, -0.2) is 57.3 Å². The maximum Gasteiger partial charge on any atom is 0.412 e. The molecule has 152 valence electrons. The number of nitro benzene ring substituents is 1. The summed E-state index contributed by atoms with van der Waals surface area (Å²) in [5.41, 5.74) is -1.17. The lowest BCUT2D eigenvalue weighted by atomic mass is 10.2. The fourth-order valence-corrected chi connectivity index (χ4v) is 1.91. The molecule has 0 aromatic heterocycles. The van der Waals surface area contributed by atoms with Gasteiger partial charge in [0.1, 0.15) is 24.5 Å². The zero-order valence-electron chi connectivity index (χ0n) is 16.2. The van der Waals surface area contributed by atoms with E-state index < -0.39 is 16.6 Å². The molecule has 1 aromatic rings. The molecule has 0 fully saturated rings. The highest BCUT2D eigenvalue weighted by Crippen LogP contribution is 2.38. The topological polar surface area (TPSA) is 118 Å². The highest BCUT2D eigenvalue weighted by molar-refractivity contribution is 5.89. The van der Waals surface area contributed by atoms with E-state index in [1.54, 1.807) is 20.8 Å². The van der Waals surface area contributed by atoms with Crippen LogP contribution in [0.4, 0.5) is 16.2 Å². The second-order valence-corrected chi connectivity index (χ2v) is 6.38. The van der Waals surface area contributed by atoms with Gasteiger partial charge in [0.05, 0.1) is 24.2 Å². The number of carbonyl (C=O) groups is 1. The standard InChI is InChI=1S/C17H26N2O8/c1-17(2,3)27-16(20)18-12-10-14(25-8-6-23-4)15(26-9-7-24-5)11-13(12)19(21)22/h10-11H,6-9H2,1-5H3,(H,18,20). The molecule has 0 heterocycles. The van der Waals surface area contributed by atoms with Crippen LogP contribution in [0.5, 0.6) is 11.5 Å². The molecule has 10 nitrogen and oxygen atoms in total. The normalized spacial score (nSPS) is 11.0. The molecule has 10 heteroatoms. The van der Waals surface area contributed by atoms with Gasteiger partial charge in [0.15, 0.2) is 11.5 Å². The van der Waals surface area contributed by atoms with Crippen LogP contribution in [0.3, 0.4) is 0 Å². The van der Waals surface area contributed by atoms with Crippen molar-refractivity contribution < 1.29 is 33.4 Å². The van der Waals surface area contributed by atoms with Crippen molar-refractivity contribution in [3.8, 4) is 11.5 Å². The molecule has 1 aromatic carbocycles. The maximum absolute atomic E-state index is 12.0. The Labute approximate surface area is 157 Å². The van der Waals surface area contributed by atoms with Crippen LogP contribution in [0.25, 0.3) is 0 Å². The molecular formula is C17H26N2O8. The van der Waals surface area contributed by atoms with Crippen LogP contribution in [0.1, 0.15) is 20.8 Å². The predicted molar refractivity (Wildman–Crippen MR) is 97.7 cm³/mol. The Morgan fingerprint density at radius 1 is 1.04 bits per heavy atom. The summed E-state index contributed by atoms with van der Waals surface area (Å²) < 4.78 is 26.0. The first-order chi connectivity index (χ1) is 12.7. The highest BCUT2D eigenvalue weighted by atomic mass is 16.6. The van der Waals surface area contributed by atoms with Crippen LogP contribution in [0.2, 0.25) is 0 Å². The Balaban J connectivity index is 3.16. The lowest BCUT2D eigenvalue weighted by Gasteiger charge is -2.20. The van der Waals surface area contributed by atoms with Gasteiger partial charge in [-0.25, -0.2) is 4.79 Å². The molecule has 1 rings (SSSR count). The molecule has 0 aliphatic carbocycles. The van der Waals surface area contributed by atoms with Crippen molar-refractivity contribution in [2.45, 2.75) is 26.4 Å². The van der Waals surface area contributed by atoms with Gasteiger partial charge in [0, 0.05) is 20.3 Å². The Kier molecular flexibility index (Phi) is 8.76. The maximum atomic E-state index is 12.0. The third-order valence-electron chi connectivity index (χ3n) is 2.98. The van der Waals surface area contributed by atoms with Gasteiger partial charge < -0.3 is 23.7 Å². The van der Waals surface area contributed by atoms with E-state index in [0.717, 1.165) is 0 Å². The van der Waals surface area contributed by atoms with Gasteiger partial charge >= 0.3 is 6.09 Å². The molecule has 27 heavy (non-hydrogen) atoms. The number of amides is 1. The summed E-state index contributed by atoms with van der Waals surface area (Å²) in [6, 6.07) is 2.50. The number of carbonyl (C=O) groups excluding carboxylic acids is 1. The van der Waals surface area contributed by atoms with Gasteiger partial charge in [0.25, 0.3) is 5.69 Å². The van der Waals surface area contributed by atoms with E-state index in [9.17, 15) is 14.9 Å². The number of benzene rings is 1. The zero-order chi connectivity index (χ0) is 20.4. The Hall–Kier alpha value is -2.59. The van der Waals surface area contributed by atoms with Crippen molar-refractivity contribution in [2.75, 3.05) is 46.0 Å². The van der Waals surface area contributed by atoms with Gasteiger partial charge in [-0.1, -0.05) is 0 Å². The highest BCUT2D eigenvalue weighted by Gasteiger charge is 2.24. The monoisotopic (exact) mass is 386 g/mol. The summed E-state index contributed by atoms with van der Waals surface area (Å²) in [5.74, 6) is 0.379. The zero-order valence-corrected chi connectivity index (χ0v) is 16.2. The first kappa shape index (κ1) is 22.5. The van der Waals surface area contributed by atoms with E-state index in [0.29, 0.717) is 13.2 Å². The van der Waals surface area contributed by atoms with Crippen molar-refractivity contribution >= 4 is 17.5 Å². The van der Waals surface area contributed by atoms with Crippen molar-refractivity contribution in [2.24, 2.45) is 0 Å². The minimum Gasteiger partial charge on any atom is -0.487 e. The number of hydrogen-bond donors (Lipinski definition) is 1. The number of nitro groups is 1. The van der Waals surface area contributed by atoms with Crippen molar-refractivity contribution in [1.29, 1.82) is 0 Å². The van der Waals surface area contributed by atoms with Crippen molar-refractivity contribution in [3.05, 3.63) is 22.2 Å². The lowest BCUT2D eigenvalue weighted by molar-refractivity contribution is -0.384. The number of rotatable bonds is 10. The van der Waals surface area contributed by atoms with E-state index in [1.807, 2.05) is 0 Å². The summed E-state index contributed by atoms with van der Waals surface area (Å²) in [4.78, 5) is 22.8. The van der Waals surface area contributed by atoms with Crippen LogP contribution >= 0.6 is 0 Å². The molecule has 0 atom stereocenters. The van der Waals surface area contributed by atoms with Crippen molar-refractivity contribution in [3.63, 3.8) is 0 Å². The number of hydrogen-bond acceptors (Lipinski definition) is 8. The molecule has 1 N–H and O–H groups in total. The average molecular weight is 386 g/mol. The summed E-state index contributed by atoms with van der Waals surface area (Å²) in [7, 11) is 3.03. The number of anilines is 1. The molecule has 0 saturated heterocycles. The first-order valence-corrected chi connectivity index (χ1v) is 8.24. The van der Waals surface area contributed by atoms with Gasteiger partial charge in [-0.3, -0.25) is 15.4 Å². The summed E-state index contributed by atoms with van der Waals surface area (Å²) >= 11 is 0. The molecule has 1 amide bonds. The molecule has 0 bridgehead atoms. The quantitative estimate of drug-likeness (QED) is 0.370. The molecular weight excluding hydrogens is 360 g/mol. The van der Waals surface area contributed by atoms with Gasteiger partial charge in [-0.05, 0) is 20.8 Å². The third kappa shape index (κ3) is 8.09. The van der Waals surface area contributed by atoms with Gasteiger partial charge in [0.2, 0.25) is 0 Å². The molecule has 0 spiro atoms. The van der Waals surface area contributed by atoms with E-state index in [2.05, 4.69) is 5.32 Å². The third-order valence-corrected chi connectivity index (χ3v) is 2.98. The Bertz CT molecular complexity index is 643. The minimum absolute atomic E-state index is 0.0687. The Morgan fingerprint density at radius 3 is 2.00 bits per heavy atom. The predicted octanol–water partition coefficient (Wildman–Crippen LogP) is 2.99. The molecule has 0 unspecified atom stereocenters. The number of ether oxygens (including phenoxy) is 5. The van der Waals surface area contributed by atoms with E-state index >= 15 is 0 Å². The fraction of sp³-hybridized carbons (Fsp3) is 0.588. The molecule has 0 saturated carbocycles. The summed E-state index contributed by atoms with van der Waals surface area (Å²) in [6.45, 7) is 6.04. The lowest BCUT2D eigenvalue weighted by Crippen LogP contribution is -2.27. The molecule has 0 aliphatic heterocycles. The SMILES string of the molecule is COCCOc1cc(NC(=O)OC(C)(C)C)c([N+](=O)[O-])cc1OCCOC. The van der Waals surface area contributed by atoms with Gasteiger partial charge in [-0.2, -0.15) is 0 Å². The number of nitrogens with one attached hydrogen (secondary N) is 1. The summed E-state index contributed by atoms with van der Waals surface area (Å²) in [6.07, 6.45) is -0.818. The second-order valence-electron chi connectivity index (χ2n) is 6.38. The Morgan fingerprint density at radius 2 is 1.56 bits per heavy atom. The summed E-state index contributed by atoms with van der Waals surface area (Å²) in [5, 5.41) is 13.8. The van der Waals surface area contributed by atoms with Crippen LogP contribution in [0.15, 0.2) is 12.1 Å². The first-order valence-electron chi connectivity index (χ1n) is 8.24. The van der Waals surface area contributed by atoms with Crippen LogP contribution < -0.4 is 14.8 Å². The average Bonchev–Trinajstić information content (AvgIpc) is 2.54. The molecule has 0 aliphatic rings. The van der Waals surface area contributed by atoms with E-state index in [-0.39, 0.29) is 36.1 Å². The van der Waals surface area contributed by atoms with Crippen LogP contribution in [-0.2, 0) is 14.2 Å². The van der Waals surface area contributed by atoms with E-state index in [1.165, 1.54) is 26.4 Å². The number of nitrogens with zero attached hydrogens (tertiary/aromatic N) is 1. The largest absolute Gasteiger partial charge is 0.487 e. The second kappa shape index (κ2) is 10.5. The van der Waals surface area contributed by atoms with Crippen molar-refractivity contribution in [1.82, 2.24) is 0 Å². The minimum atomic E-state index is -0.818. The van der Waals surface area contributed by atoms with Gasteiger partial charge in [-0.15, -0.1) is 0 Å². The van der Waals surface area contributed by atoms with Crippen LogP contribution in [0, 0.1) is 10.1 Å². The fourth-order valence-electron chi connectivity index (χ4n) is 1.91. The number of methoxy groups -OCH3 is 2.